The molecule has 3 heteroatoms. The van der Waals surface area contributed by atoms with Gasteiger partial charge >= 0.3 is 0 Å². The van der Waals surface area contributed by atoms with E-state index in [9.17, 15) is 0 Å². The van der Waals surface area contributed by atoms with Gasteiger partial charge in [-0.2, -0.15) is 0 Å². The van der Waals surface area contributed by atoms with Gasteiger partial charge in [-0.15, -0.1) is 0 Å². The van der Waals surface area contributed by atoms with E-state index in [1.807, 2.05) is 19.9 Å². The Kier molecular flexibility index (Phi) is 2.60. The first-order valence-corrected chi connectivity index (χ1v) is 3.39. The van der Waals surface area contributed by atoms with Crippen LogP contribution in [-0.2, 0) is 0 Å². The van der Waals surface area contributed by atoms with Crippen LogP contribution in [0.25, 0.3) is 0 Å². The van der Waals surface area contributed by atoms with Crippen LogP contribution in [0.2, 0.25) is 0 Å². The van der Waals surface area contributed by atoms with Gasteiger partial charge in [0.2, 0.25) is 5.88 Å². The van der Waals surface area contributed by atoms with Gasteiger partial charge < -0.3 is 4.74 Å². The molecule has 0 bridgehead atoms. The van der Waals surface area contributed by atoms with Crippen molar-refractivity contribution in [1.29, 1.82) is 0 Å². The maximum Gasteiger partial charge on any atom is 0.221 e. The first-order chi connectivity index (χ1) is 5.33. The summed E-state index contributed by atoms with van der Waals surface area (Å²) in [5, 5.41) is 0. The Morgan fingerprint density at radius 1 is 1.64 bits per heavy atom. The average Bonchev–Trinajstić information content (AvgIpc) is 2.06. The Hall–Kier alpha value is -1.38. The van der Waals surface area contributed by atoms with Crippen LogP contribution in [0.5, 0.6) is 5.88 Å². The minimum Gasteiger partial charge on any atom is -0.444 e. The monoisotopic (exact) mass is 150 g/mol. The quantitative estimate of drug-likeness (QED) is 0.603. The lowest BCUT2D eigenvalue weighted by molar-refractivity contribution is 0.409. The summed E-state index contributed by atoms with van der Waals surface area (Å²) in [6.07, 6.45) is 4.98. The molecule has 1 aromatic heterocycles. The van der Waals surface area contributed by atoms with E-state index in [0.29, 0.717) is 5.88 Å². The number of aromatic nitrogens is 2. The van der Waals surface area contributed by atoms with Crippen LogP contribution < -0.4 is 4.74 Å². The van der Waals surface area contributed by atoms with E-state index in [1.54, 1.807) is 12.3 Å². The summed E-state index contributed by atoms with van der Waals surface area (Å²) in [6.45, 7) is 3.79. The van der Waals surface area contributed by atoms with E-state index < -0.39 is 0 Å². The number of allylic oxidation sites excluding steroid dienone is 2. The van der Waals surface area contributed by atoms with Gasteiger partial charge in [0.1, 0.15) is 6.33 Å². The second kappa shape index (κ2) is 3.71. The number of rotatable bonds is 2. The van der Waals surface area contributed by atoms with Crippen molar-refractivity contribution in [3.8, 4) is 5.88 Å². The molecule has 0 saturated heterocycles. The number of hydrogen-bond acceptors (Lipinski definition) is 3. The van der Waals surface area contributed by atoms with Crippen molar-refractivity contribution in [2.24, 2.45) is 0 Å². The molecule has 1 aromatic rings. The maximum absolute atomic E-state index is 5.27. The molecule has 0 aromatic carbocycles. The molecule has 0 fully saturated rings. The first kappa shape index (κ1) is 7.72. The molecule has 0 amide bonds. The van der Waals surface area contributed by atoms with E-state index >= 15 is 0 Å². The van der Waals surface area contributed by atoms with Gasteiger partial charge in [0, 0.05) is 12.3 Å². The molecule has 58 valence electrons. The van der Waals surface area contributed by atoms with Gasteiger partial charge in [0.15, 0.2) is 0 Å². The third-order valence-corrected chi connectivity index (χ3v) is 1.23. The molecule has 1 heterocycles. The third-order valence-electron chi connectivity index (χ3n) is 1.23. The SMILES string of the molecule is CC=C(C)Oc1ccncn1. The molecule has 0 aliphatic rings. The summed E-state index contributed by atoms with van der Waals surface area (Å²) < 4.78 is 5.27. The standard InChI is InChI=1S/C8H10N2O/c1-3-7(2)11-8-4-5-9-6-10-8/h3-6H,1-2H3. The van der Waals surface area contributed by atoms with Gasteiger partial charge in [0.25, 0.3) is 0 Å². The van der Waals surface area contributed by atoms with Crippen LogP contribution in [0.1, 0.15) is 13.8 Å². The Morgan fingerprint density at radius 3 is 3.00 bits per heavy atom. The lowest BCUT2D eigenvalue weighted by Crippen LogP contribution is -1.92. The van der Waals surface area contributed by atoms with Crippen LogP contribution in [0.3, 0.4) is 0 Å². The molecular weight excluding hydrogens is 140 g/mol. The van der Waals surface area contributed by atoms with Gasteiger partial charge in [-0.1, -0.05) is 0 Å². The zero-order chi connectivity index (χ0) is 8.10. The first-order valence-electron chi connectivity index (χ1n) is 3.39. The summed E-state index contributed by atoms with van der Waals surface area (Å²) >= 11 is 0. The van der Waals surface area contributed by atoms with E-state index in [2.05, 4.69) is 9.97 Å². The number of nitrogens with zero attached hydrogens (tertiary/aromatic N) is 2. The summed E-state index contributed by atoms with van der Waals surface area (Å²) in [6, 6.07) is 1.72. The fourth-order valence-corrected chi connectivity index (χ4v) is 0.563. The minimum absolute atomic E-state index is 0.579. The fraction of sp³-hybridized carbons (Fsp3) is 0.250. The fourth-order valence-electron chi connectivity index (χ4n) is 0.563. The molecule has 0 aliphatic carbocycles. The third kappa shape index (κ3) is 2.37. The van der Waals surface area contributed by atoms with Gasteiger partial charge in [-0.25, -0.2) is 9.97 Å². The number of ether oxygens (including phenoxy) is 1. The van der Waals surface area contributed by atoms with E-state index in [0.717, 1.165) is 5.76 Å². The zero-order valence-corrected chi connectivity index (χ0v) is 6.61. The van der Waals surface area contributed by atoms with Crippen molar-refractivity contribution < 1.29 is 4.74 Å². The molecule has 0 radical (unpaired) electrons. The minimum atomic E-state index is 0.579. The smallest absolute Gasteiger partial charge is 0.221 e. The molecule has 0 atom stereocenters. The van der Waals surface area contributed by atoms with Crippen LogP contribution in [0.15, 0.2) is 30.4 Å². The summed E-state index contributed by atoms with van der Waals surface area (Å²) in [7, 11) is 0. The topological polar surface area (TPSA) is 35.0 Å². The molecular formula is C8H10N2O. The van der Waals surface area contributed by atoms with Crippen LogP contribution in [0.4, 0.5) is 0 Å². The van der Waals surface area contributed by atoms with E-state index in [-0.39, 0.29) is 0 Å². The van der Waals surface area contributed by atoms with Crippen molar-refractivity contribution in [3.63, 3.8) is 0 Å². The molecule has 0 spiro atoms. The Bertz CT molecular complexity index is 244. The Morgan fingerprint density at radius 2 is 2.45 bits per heavy atom. The Labute approximate surface area is 65.8 Å². The predicted molar refractivity (Wildman–Crippen MR) is 42.1 cm³/mol. The maximum atomic E-state index is 5.27. The van der Waals surface area contributed by atoms with E-state index in [1.165, 1.54) is 6.33 Å². The second-order valence-corrected chi connectivity index (χ2v) is 2.05. The summed E-state index contributed by atoms with van der Waals surface area (Å²) in [5.74, 6) is 1.42. The van der Waals surface area contributed by atoms with E-state index in [4.69, 9.17) is 4.74 Å². The van der Waals surface area contributed by atoms with Gasteiger partial charge in [0.05, 0.1) is 5.76 Å². The van der Waals surface area contributed by atoms with Crippen molar-refractivity contribution in [2.75, 3.05) is 0 Å². The van der Waals surface area contributed by atoms with Crippen LogP contribution in [-0.4, -0.2) is 9.97 Å². The van der Waals surface area contributed by atoms with Crippen molar-refractivity contribution in [2.45, 2.75) is 13.8 Å². The molecule has 0 saturated carbocycles. The highest BCUT2D eigenvalue weighted by molar-refractivity contribution is 5.08. The highest BCUT2D eigenvalue weighted by Gasteiger charge is 1.92. The molecule has 0 unspecified atom stereocenters. The zero-order valence-electron chi connectivity index (χ0n) is 6.61. The molecule has 11 heavy (non-hydrogen) atoms. The number of hydrogen-bond donors (Lipinski definition) is 0. The largest absolute Gasteiger partial charge is 0.444 e. The van der Waals surface area contributed by atoms with Gasteiger partial charge in [-0.05, 0) is 19.9 Å². The highest BCUT2D eigenvalue weighted by atomic mass is 16.5. The second-order valence-electron chi connectivity index (χ2n) is 2.05. The predicted octanol–water partition coefficient (Wildman–Crippen LogP) is 1.78. The van der Waals surface area contributed by atoms with Crippen molar-refractivity contribution in [1.82, 2.24) is 9.97 Å². The molecule has 3 nitrogen and oxygen atoms in total. The summed E-state index contributed by atoms with van der Waals surface area (Å²) in [4.78, 5) is 7.66. The Balaban J connectivity index is 2.65. The lowest BCUT2D eigenvalue weighted by Gasteiger charge is -2.01. The molecule has 0 N–H and O–H groups in total. The average molecular weight is 150 g/mol. The molecule has 1 rings (SSSR count). The molecule has 0 aliphatic heterocycles. The van der Waals surface area contributed by atoms with Crippen molar-refractivity contribution >= 4 is 0 Å². The normalized spacial score (nSPS) is 11.3. The van der Waals surface area contributed by atoms with Crippen molar-refractivity contribution in [3.05, 3.63) is 30.4 Å². The highest BCUT2D eigenvalue weighted by Crippen LogP contribution is 2.06. The summed E-state index contributed by atoms with van der Waals surface area (Å²) in [5.41, 5.74) is 0. The van der Waals surface area contributed by atoms with Crippen LogP contribution >= 0.6 is 0 Å². The van der Waals surface area contributed by atoms with Gasteiger partial charge in [-0.3, -0.25) is 0 Å². The lowest BCUT2D eigenvalue weighted by atomic mass is 10.5. The van der Waals surface area contributed by atoms with Crippen LogP contribution in [0, 0.1) is 0 Å².